The van der Waals surface area contributed by atoms with Gasteiger partial charge in [0.05, 0.1) is 0 Å². The first-order valence-electron chi connectivity index (χ1n) is 6.00. The smallest absolute Gasteiger partial charge is 0.133 e. The number of anilines is 2. The van der Waals surface area contributed by atoms with E-state index in [2.05, 4.69) is 27.1 Å². The molecule has 5 heteroatoms. The molecule has 1 aromatic heterocycles. The van der Waals surface area contributed by atoms with Crippen molar-refractivity contribution in [1.29, 1.82) is 0 Å². The van der Waals surface area contributed by atoms with Crippen LogP contribution in [0.5, 0.6) is 0 Å². The van der Waals surface area contributed by atoms with Crippen LogP contribution in [0.1, 0.15) is 27.2 Å². The lowest BCUT2D eigenvalue weighted by atomic mass is 10.1. The minimum Gasteiger partial charge on any atom is -0.364 e. The van der Waals surface area contributed by atoms with Crippen LogP contribution in [0.25, 0.3) is 0 Å². The number of hydrogen-bond acceptors (Lipinski definition) is 5. The first kappa shape index (κ1) is 13.7. The first-order valence-corrected chi connectivity index (χ1v) is 6.00. The molecule has 17 heavy (non-hydrogen) atoms. The number of rotatable bonds is 6. The molecule has 0 amide bonds. The van der Waals surface area contributed by atoms with E-state index in [4.69, 9.17) is 5.73 Å². The van der Waals surface area contributed by atoms with Crippen molar-refractivity contribution >= 4 is 11.6 Å². The first-order chi connectivity index (χ1) is 7.98. The molecular formula is C12H23N5. The summed E-state index contributed by atoms with van der Waals surface area (Å²) in [4.78, 5) is 10.6. The molecule has 3 N–H and O–H groups in total. The average Bonchev–Trinajstić information content (AvgIpc) is 2.29. The third kappa shape index (κ3) is 4.19. The van der Waals surface area contributed by atoms with Crippen molar-refractivity contribution in [1.82, 2.24) is 9.97 Å². The van der Waals surface area contributed by atoms with Gasteiger partial charge in [-0.3, -0.25) is 0 Å². The molecule has 0 saturated heterocycles. The van der Waals surface area contributed by atoms with Crippen molar-refractivity contribution in [3.05, 3.63) is 12.4 Å². The maximum Gasteiger partial charge on any atom is 0.133 e. The predicted octanol–water partition coefficient (Wildman–Crippen LogP) is 1.47. The Morgan fingerprint density at radius 1 is 1.41 bits per heavy atom. The Labute approximate surface area is 103 Å². The maximum atomic E-state index is 5.68. The van der Waals surface area contributed by atoms with Gasteiger partial charge in [0.15, 0.2) is 0 Å². The maximum absolute atomic E-state index is 5.68. The lowest BCUT2D eigenvalue weighted by Gasteiger charge is -2.25. The standard InChI is InChI=1S/C12H23N5/c1-5-6-17(4)11-7-10(14-9-15-11)16-12(2,3)8-13/h7,9H,5-6,8,13H2,1-4H3,(H,14,15,16). The van der Waals surface area contributed by atoms with Crippen molar-refractivity contribution in [3.63, 3.8) is 0 Å². The van der Waals surface area contributed by atoms with Gasteiger partial charge in [-0.15, -0.1) is 0 Å². The van der Waals surface area contributed by atoms with Gasteiger partial charge in [-0.25, -0.2) is 9.97 Å². The summed E-state index contributed by atoms with van der Waals surface area (Å²) in [6, 6.07) is 1.95. The zero-order valence-electron chi connectivity index (χ0n) is 11.2. The van der Waals surface area contributed by atoms with Gasteiger partial charge < -0.3 is 16.0 Å². The lowest BCUT2D eigenvalue weighted by molar-refractivity contribution is 0.577. The minimum atomic E-state index is -0.158. The topological polar surface area (TPSA) is 67.1 Å². The molecule has 1 rings (SSSR count). The van der Waals surface area contributed by atoms with E-state index in [1.54, 1.807) is 6.33 Å². The van der Waals surface area contributed by atoms with Gasteiger partial charge in [-0.05, 0) is 20.3 Å². The highest BCUT2D eigenvalue weighted by molar-refractivity contribution is 5.49. The van der Waals surface area contributed by atoms with Gasteiger partial charge in [0.1, 0.15) is 18.0 Å². The fourth-order valence-corrected chi connectivity index (χ4v) is 1.47. The molecule has 5 nitrogen and oxygen atoms in total. The van der Waals surface area contributed by atoms with Gasteiger partial charge in [0.25, 0.3) is 0 Å². The van der Waals surface area contributed by atoms with Crippen LogP contribution in [0.3, 0.4) is 0 Å². The second-order valence-corrected chi connectivity index (χ2v) is 4.90. The van der Waals surface area contributed by atoms with E-state index < -0.39 is 0 Å². The summed E-state index contributed by atoms with van der Waals surface area (Å²) in [5.74, 6) is 1.74. The van der Waals surface area contributed by atoms with Crippen LogP contribution >= 0.6 is 0 Å². The molecule has 0 aliphatic carbocycles. The summed E-state index contributed by atoms with van der Waals surface area (Å²) in [5.41, 5.74) is 5.53. The molecule has 0 unspecified atom stereocenters. The molecule has 0 aliphatic rings. The number of nitrogens with two attached hydrogens (primary N) is 1. The summed E-state index contributed by atoms with van der Waals surface area (Å²) in [7, 11) is 2.03. The summed E-state index contributed by atoms with van der Waals surface area (Å²) in [6.07, 6.45) is 2.67. The van der Waals surface area contributed by atoms with Crippen molar-refractivity contribution in [2.45, 2.75) is 32.7 Å². The van der Waals surface area contributed by atoms with E-state index in [0.29, 0.717) is 6.54 Å². The van der Waals surface area contributed by atoms with E-state index in [-0.39, 0.29) is 5.54 Å². The highest BCUT2D eigenvalue weighted by Gasteiger charge is 2.15. The summed E-state index contributed by atoms with van der Waals surface area (Å²) < 4.78 is 0. The molecule has 1 aromatic rings. The minimum absolute atomic E-state index is 0.158. The van der Waals surface area contributed by atoms with Crippen LogP contribution in [0.4, 0.5) is 11.6 Å². The van der Waals surface area contributed by atoms with Crippen LogP contribution in [0, 0.1) is 0 Å². The molecule has 0 bridgehead atoms. The monoisotopic (exact) mass is 237 g/mol. The molecule has 96 valence electrons. The normalized spacial score (nSPS) is 11.4. The van der Waals surface area contributed by atoms with Crippen LogP contribution in [-0.4, -0.2) is 35.6 Å². The van der Waals surface area contributed by atoms with Gasteiger partial charge >= 0.3 is 0 Å². The van der Waals surface area contributed by atoms with E-state index in [9.17, 15) is 0 Å². The van der Waals surface area contributed by atoms with E-state index in [1.807, 2.05) is 27.0 Å². The fourth-order valence-electron chi connectivity index (χ4n) is 1.47. The third-order valence-corrected chi connectivity index (χ3v) is 2.58. The third-order valence-electron chi connectivity index (χ3n) is 2.58. The predicted molar refractivity (Wildman–Crippen MR) is 72.3 cm³/mol. The van der Waals surface area contributed by atoms with E-state index >= 15 is 0 Å². The highest BCUT2D eigenvalue weighted by Crippen LogP contribution is 2.16. The Morgan fingerprint density at radius 2 is 2.12 bits per heavy atom. The van der Waals surface area contributed by atoms with E-state index in [0.717, 1.165) is 24.6 Å². The molecule has 0 aliphatic heterocycles. The van der Waals surface area contributed by atoms with Crippen LogP contribution in [0.2, 0.25) is 0 Å². The second-order valence-electron chi connectivity index (χ2n) is 4.90. The largest absolute Gasteiger partial charge is 0.364 e. The second kappa shape index (κ2) is 5.82. The van der Waals surface area contributed by atoms with Gasteiger partial charge in [0, 0.05) is 31.7 Å². The Bertz CT molecular complexity index is 351. The van der Waals surface area contributed by atoms with Gasteiger partial charge in [0.2, 0.25) is 0 Å². The molecule has 1 heterocycles. The average molecular weight is 237 g/mol. The Hall–Kier alpha value is -1.36. The Kier molecular flexibility index (Phi) is 4.69. The molecule has 0 fully saturated rings. The van der Waals surface area contributed by atoms with Crippen molar-refractivity contribution in [3.8, 4) is 0 Å². The number of aromatic nitrogens is 2. The number of nitrogens with zero attached hydrogens (tertiary/aromatic N) is 3. The summed E-state index contributed by atoms with van der Waals surface area (Å²) >= 11 is 0. The molecule has 0 aromatic carbocycles. The van der Waals surface area contributed by atoms with E-state index in [1.165, 1.54) is 0 Å². The molecule has 0 radical (unpaired) electrons. The van der Waals surface area contributed by atoms with Crippen molar-refractivity contribution < 1.29 is 0 Å². The highest BCUT2D eigenvalue weighted by atomic mass is 15.2. The zero-order chi connectivity index (χ0) is 12.9. The van der Waals surface area contributed by atoms with Gasteiger partial charge in [-0.1, -0.05) is 6.92 Å². The Morgan fingerprint density at radius 3 is 2.71 bits per heavy atom. The molecule has 0 atom stereocenters. The fraction of sp³-hybridized carbons (Fsp3) is 0.667. The van der Waals surface area contributed by atoms with Crippen molar-refractivity contribution in [2.75, 3.05) is 30.4 Å². The summed E-state index contributed by atoms with van der Waals surface area (Å²) in [5, 5.41) is 3.30. The molecular weight excluding hydrogens is 214 g/mol. The quantitative estimate of drug-likeness (QED) is 0.784. The summed E-state index contributed by atoms with van der Waals surface area (Å²) in [6.45, 7) is 7.78. The Balaban J connectivity index is 2.79. The number of nitrogens with one attached hydrogen (secondary N) is 1. The zero-order valence-corrected chi connectivity index (χ0v) is 11.2. The van der Waals surface area contributed by atoms with Crippen LogP contribution in [0.15, 0.2) is 12.4 Å². The SMILES string of the molecule is CCCN(C)c1cc(NC(C)(C)CN)ncn1. The lowest BCUT2D eigenvalue weighted by Crippen LogP contribution is -2.39. The van der Waals surface area contributed by atoms with Crippen LogP contribution < -0.4 is 16.0 Å². The van der Waals surface area contributed by atoms with Gasteiger partial charge in [-0.2, -0.15) is 0 Å². The molecule has 0 spiro atoms. The van der Waals surface area contributed by atoms with Crippen LogP contribution in [-0.2, 0) is 0 Å². The number of hydrogen-bond donors (Lipinski definition) is 2. The van der Waals surface area contributed by atoms with Crippen molar-refractivity contribution in [2.24, 2.45) is 5.73 Å². The molecule has 0 saturated carbocycles.